The number of alkyl halides is 3. The monoisotopic (exact) mass is 458 g/mol. The van der Waals surface area contributed by atoms with E-state index in [1.165, 1.54) is 18.2 Å². The highest BCUT2D eigenvalue weighted by molar-refractivity contribution is 5.83. The molecule has 0 heterocycles. The third kappa shape index (κ3) is 6.42. The molecule has 1 amide bonds. The second-order valence-electron chi connectivity index (χ2n) is 7.92. The molecule has 3 aromatic rings. The number of halogens is 4. The predicted molar refractivity (Wildman–Crippen MR) is 120 cm³/mol. The Labute approximate surface area is 190 Å². The van der Waals surface area contributed by atoms with Gasteiger partial charge in [0.1, 0.15) is 11.9 Å². The van der Waals surface area contributed by atoms with Crippen LogP contribution in [-0.4, -0.2) is 13.0 Å². The maximum absolute atomic E-state index is 13.9. The lowest BCUT2D eigenvalue weighted by Crippen LogP contribution is -2.38. The molecule has 0 saturated carbocycles. The van der Waals surface area contributed by atoms with Gasteiger partial charge in [0, 0.05) is 13.1 Å². The summed E-state index contributed by atoms with van der Waals surface area (Å²) < 4.78 is 52.5. The van der Waals surface area contributed by atoms with Crippen LogP contribution in [0, 0.1) is 12.7 Å². The van der Waals surface area contributed by atoms with Crippen LogP contribution in [-0.2, 0) is 17.4 Å². The van der Waals surface area contributed by atoms with Crippen molar-refractivity contribution in [2.24, 2.45) is 0 Å². The summed E-state index contributed by atoms with van der Waals surface area (Å²) in [7, 11) is 1.55. The average Bonchev–Trinajstić information content (AvgIpc) is 2.81. The van der Waals surface area contributed by atoms with E-state index < -0.39 is 17.8 Å². The van der Waals surface area contributed by atoms with Crippen LogP contribution in [0.25, 0.3) is 0 Å². The first-order valence-electron chi connectivity index (χ1n) is 10.6. The zero-order valence-electron chi connectivity index (χ0n) is 18.4. The van der Waals surface area contributed by atoms with Crippen molar-refractivity contribution in [1.82, 2.24) is 10.6 Å². The number of hydrogen-bond acceptors (Lipinski definition) is 2. The summed E-state index contributed by atoms with van der Waals surface area (Å²) in [5.74, 6) is -0.550. The SMILES string of the molecule is CNC(=O)[C@H](N[C@H](CCc1ccc(C(F)(F)F)cc1)c1ccc(F)c(C)c1)c1ccccc1. The molecule has 0 saturated heterocycles. The number of likely N-dealkylation sites (N-methyl/N-ethyl adjacent to an activating group) is 1. The first-order chi connectivity index (χ1) is 15.7. The fraction of sp³-hybridized carbons (Fsp3) is 0.269. The number of carbonyl (C=O) groups is 1. The zero-order valence-corrected chi connectivity index (χ0v) is 18.4. The second-order valence-corrected chi connectivity index (χ2v) is 7.92. The fourth-order valence-electron chi connectivity index (χ4n) is 3.72. The van der Waals surface area contributed by atoms with Crippen molar-refractivity contribution in [3.63, 3.8) is 0 Å². The maximum atomic E-state index is 13.9. The zero-order chi connectivity index (χ0) is 24.0. The second kappa shape index (κ2) is 10.6. The largest absolute Gasteiger partial charge is 0.416 e. The molecule has 3 aromatic carbocycles. The molecule has 3 nitrogen and oxygen atoms in total. The van der Waals surface area contributed by atoms with Gasteiger partial charge in [-0.3, -0.25) is 10.1 Å². The minimum atomic E-state index is -4.38. The smallest absolute Gasteiger partial charge is 0.358 e. The van der Waals surface area contributed by atoms with Gasteiger partial charge < -0.3 is 5.32 Å². The molecule has 33 heavy (non-hydrogen) atoms. The summed E-state index contributed by atoms with van der Waals surface area (Å²) in [6.45, 7) is 1.67. The molecule has 0 bridgehead atoms. The Kier molecular flexibility index (Phi) is 7.87. The van der Waals surface area contributed by atoms with Gasteiger partial charge in [-0.25, -0.2) is 4.39 Å². The van der Waals surface area contributed by atoms with Gasteiger partial charge >= 0.3 is 6.18 Å². The molecule has 0 radical (unpaired) electrons. The van der Waals surface area contributed by atoms with Crippen molar-refractivity contribution in [2.45, 2.75) is 38.0 Å². The fourth-order valence-corrected chi connectivity index (χ4v) is 3.72. The Balaban J connectivity index is 1.87. The van der Waals surface area contributed by atoms with Crippen LogP contribution in [0.3, 0.4) is 0 Å². The molecular formula is C26H26F4N2O. The number of benzene rings is 3. The maximum Gasteiger partial charge on any atom is 0.416 e. The van der Waals surface area contributed by atoms with Gasteiger partial charge in [-0.05, 0) is 60.2 Å². The predicted octanol–water partition coefficient (Wildman–Crippen LogP) is 5.90. The molecule has 0 aliphatic carbocycles. The lowest BCUT2D eigenvalue weighted by Gasteiger charge is -2.26. The number of rotatable bonds is 8. The van der Waals surface area contributed by atoms with Gasteiger partial charge in [0.15, 0.2) is 0 Å². The molecule has 174 valence electrons. The van der Waals surface area contributed by atoms with Crippen LogP contribution in [0.15, 0.2) is 72.8 Å². The Morgan fingerprint density at radius 2 is 1.61 bits per heavy atom. The Morgan fingerprint density at radius 3 is 2.18 bits per heavy atom. The molecule has 0 unspecified atom stereocenters. The normalized spacial score (nSPS) is 13.4. The summed E-state index contributed by atoms with van der Waals surface area (Å²) in [5, 5.41) is 6.04. The highest BCUT2D eigenvalue weighted by Gasteiger charge is 2.30. The molecule has 2 N–H and O–H groups in total. The Hall–Kier alpha value is -3.19. The van der Waals surface area contributed by atoms with Crippen LogP contribution >= 0.6 is 0 Å². The van der Waals surface area contributed by atoms with E-state index in [4.69, 9.17) is 0 Å². The van der Waals surface area contributed by atoms with E-state index >= 15 is 0 Å². The van der Waals surface area contributed by atoms with E-state index in [0.717, 1.165) is 28.8 Å². The third-order valence-electron chi connectivity index (χ3n) is 5.60. The molecule has 7 heteroatoms. The number of hydrogen-bond donors (Lipinski definition) is 2. The van der Waals surface area contributed by atoms with Crippen molar-refractivity contribution >= 4 is 5.91 Å². The lowest BCUT2D eigenvalue weighted by molar-refractivity contribution is -0.137. The summed E-state index contributed by atoms with van der Waals surface area (Å²) in [6.07, 6.45) is -3.41. The van der Waals surface area contributed by atoms with E-state index in [1.54, 1.807) is 26.1 Å². The number of aryl methyl sites for hydroxylation is 2. The summed E-state index contributed by atoms with van der Waals surface area (Å²) in [4.78, 5) is 12.7. The van der Waals surface area contributed by atoms with Crippen LogP contribution in [0.4, 0.5) is 17.6 Å². The van der Waals surface area contributed by atoms with Gasteiger partial charge in [0.05, 0.1) is 5.56 Å². The minimum absolute atomic E-state index is 0.223. The molecule has 0 fully saturated rings. The van der Waals surface area contributed by atoms with E-state index in [9.17, 15) is 22.4 Å². The molecule has 0 aliphatic heterocycles. The molecule has 3 rings (SSSR count). The van der Waals surface area contributed by atoms with E-state index in [1.807, 2.05) is 30.3 Å². The van der Waals surface area contributed by atoms with Gasteiger partial charge in [-0.1, -0.05) is 54.6 Å². The van der Waals surface area contributed by atoms with Crippen molar-refractivity contribution in [1.29, 1.82) is 0 Å². The summed E-state index contributed by atoms with van der Waals surface area (Å²) in [5.41, 5.74) is 2.09. The van der Waals surface area contributed by atoms with Crippen molar-refractivity contribution in [3.05, 3.63) is 106 Å². The standard InChI is InChI=1S/C26H26F4N2O/c1-17-16-20(11-14-22(17)27)23(15-10-18-8-12-21(13-9-18)26(28,29)30)32-24(25(33)31-2)19-6-4-3-5-7-19/h3-9,11-14,16,23-24,32H,10,15H2,1-2H3,(H,31,33)/t23-,24-/m1/s1. The average molecular weight is 458 g/mol. The highest BCUT2D eigenvalue weighted by Crippen LogP contribution is 2.30. The third-order valence-corrected chi connectivity index (χ3v) is 5.60. The van der Waals surface area contributed by atoms with E-state index in [2.05, 4.69) is 10.6 Å². The summed E-state index contributed by atoms with van der Waals surface area (Å²) >= 11 is 0. The van der Waals surface area contributed by atoms with E-state index in [-0.39, 0.29) is 17.8 Å². The van der Waals surface area contributed by atoms with Gasteiger partial charge in [0.25, 0.3) is 0 Å². The van der Waals surface area contributed by atoms with E-state index in [0.29, 0.717) is 18.4 Å². The highest BCUT2D eigenvalue weighted by atomic mass is 19.4. The molecule has 2 atom stereocenters. The van der Waals surface area contributed by atoms with Gasteiger partial charge in [-0.2, -0.15) is 13.2 Å². The van der Waals surface area contributed by atoms with Crippen LogP contribution in [0.1, 0.15) is 46.3 Å². The minimum Gasteiger partial charge on any atom is -0.358 e. The molecule has 0 aromatic heterocycles. The number of nitrogens with one attached hydrogen (secondary N) is 2. The molecule has 0 aliphatic rings. The Bertz CT molecular complexity index is 1070. The van der Waals surface area contributed by atoms with Crippen LogP contribution in [0.5, 0.6) is 0 Å². The van der Waals surface area contributed by atoms with Crippen molar-refractivity contribution < 1.29 is 22.4 Å². The van der Waals surface area contributed by atoms with Gasteiger partial charge in [-0.15, -0.1) is 0 Å². The number of amides is 1. The lowest BCUT2D eigenvalue weighted by atomic mass is 9.95. The van der Waals surface area contributed by atoms with Crippen molar-refractivity contribution in [3.8, 4) is 0 Å². The topological polar surface area (TPSA) is 41.1 Å². The summed E-state index contributed by atoms with van der Waals surface area (Å²) in [6, 6.07) is 18.1. The van der Waals surface area contributed by atoms with Crippen LogP contribution in [0.2, 0.25) is 0 Å². The first-order valence-corrected chi connectivity index (χ1v) is 10.6. The molecule has 0 spiro atoms. The quantitative estimate of drug-likeness (QED) is 0.413. The van der Waals surface area contributed by atoms with Gasteiger partial charge in [0.2, 0.25) is 5.91 Å². The first kappa shape index (κ1) is 24.5. The van der Waals surface area contributed by atoms with Crippen molar-refractivity contribution in [2.75, 3.05) is 7.05 Å². The molecular weight excluding hydrogens is 432 g/mol. The number of carbonyl (C=O) groups excluding carboxylic acids is 1. The Morgan fingerprint density at radius 1 is 0.939 bits per heavy atom. The van der Waals surface area contributed by atoms with Crippen LogP contribution < -0.4 is 10.6 Å².